The Morgan fingerprint density at radius 1 is 1.62 bits per heavy atom. The molecule has 2 aromatic rings. The summed E-state index contributed by atoms with van der Waals surface area (Å²) >= 11 is 3.01. The first-order chi connectivity index (χ1) is 10.2. The van der Waals surface area contributed by atoms with Gasteiger partial charge in [0.05, 0.1) is 10.6 Å². The Morgan fingerprint density at radius 3 is 3.14 bits per heavy atom. The minimum Gasteiger partial charge on any atom is -0.480 e. The number of amides is 1. The third kappa shape index (κ3) is 4.57. The minimum absolute atomic E-state index is 0.338. The molecule has 1 atom stereocenters. The number of aliphatic carboxylic acids is 1. The summed E-state index contributed by atoms with van der Waals surface area (Å²) < 4.78 is 5.13. The van der Waals surface area contributed by atoms with Crippen molar-refractivity contribution in [1.82, 2.24) is 15.5 Å². The number of carbonyl (C=O) groups is 2. The number of nitrogens with one attached hydrogen (secondary N) is 1. The molecule has 1 unspecified atom stereocenters. The van der Waals surface area contributed by atoms with Crippen molar-refractivity contribution in [3.8, 4) is 10.7 Å². The highest BCUT2D eigenvalue weighted by Gasteiger charge is 2.16. The van der Waals surface area contributed by atoms with E-state index in [9.17, 15) is 9.59 Å². The molecule has 112 valence electrons. The lowest BCUT2D eigenvalue weighted by atomic mass is 10.2. The van der Waals surface area contributed by atoms with E-state index in [2.05, 4.69) is 15.5 Å². The summed E-state index contributed by atoms with van der Waals surface area (Å²) in [6, 6.07) is 2.96. The first-order valence-electron chi connectivity index (χ1n) is 6.07. The summed E-state index contributed by atoms with van der Waals surface area (Å²) in [6.45, 7) is 0. The summed E-state index contributed by atoms with van der Waals surface area (Å²) in [5.41, 5.74) is 0. The topological polar surface area (TPSA) is 105 Å². The van der Waals surface area contributed by atoms with Crippen LogP contribution in [0.4, 0.5) is 0 Å². The van der Waals surface area contributed by atoms with Gasteiger partial charge in [0.2, 0.25) is 18.1 Å². The molecule has 1 amide bonds. The van der Waals surface area contributed by atoms with Crippen molar-refractivity contribution in [2.75, 3.05) is 5.75 Å². The zero-order chi connectivity index (χ0) is 15.1. The third-order valence-electron chi connectivity index (χ3n) is 2.55. The molecule has 21 heavy (non-hydrogen) atoms. The van der Waals surface area contributed by atoms with Gasteiger partial charge in [0.15, 0.2) is 0 Å². The summed E-state index contributed by atoms with van der Waals surface area (Å²) in [7, 11) is 0. The Kier molecular flexibility index (Phi) is 5.76. The molecule has 0 radical (unpaired) electrons. The van der Waals surface area contributed by atoms with Crippen molar-refractivity contribution < 1.29 is 19.2 Å². The molecule has 0 aliphatic carbocycles. The zero-order valence-electron chi connectivity index (χ0n) is 10.9. The number of hydrogen-bond acceptors (Lipinski definition) is 7. The highest BCUT2D eigenvalue weighted by atomic mass is 32.2. The zero-order valence-corrected chi connectivity index (χ0v) is 12.5. The van der Waals surface area contributed by atoms with E-state index >= 15 is 0 Å². The highest BCUT2D eigenvalue weighted by molar-refractivity contribution is 7.98. The van der Waals surface area contributed by atoms with Gasteiger partial charge in [-0.2, -0.15) is 16.7 Å². The van der Waals surface area contributed by atoms with Crippen molar-refractivity contribution in [3.05, 3.63) is 23.4 Å². The minimum atomic E-state index is -1.04. The van der Waals surface area contributed by atoms with E-state index in [1.54, 1.807) is 0 Å². The summed E-state index contributed by atoms with van der Waals surface area (Å²) in [5, 5.41) is 16.9. The largest absolute Gasteiger partial charge is 0.480 e. The Hall–Kier alpha value is -1.87. The molecule has 7 nitrogen and oxygen atoms in total. The monoisotopic (exact) mass is 327 g/mol. The van der Waals surface area contributed by atoms with Crippen molar-refractivity contribution in [3.63, 3.8) is 0 Å². The number of thioether (sulfide) groups is 1. The third-order valence-corrected chi connectivity index (χ3v) is 4.39. The number of carbonyl (C=O) groups excluding carboxylic acids is 1. The Balaban J connectivity index is 1.76. The maximum atomic E-state index is 10.8. The predicted molar refractivity (Wildman–Crippen MR) is 79.0 cm³/mol. The Morgan fingerprint density at radius 2 is 2.48 bits per heavy atom. The molecular weight excluding hydrogens is 314 g/mol. The van der Waals surface area contributed by atoms with Crippen LogP contribution in [0, 0.1) is 0 Å². The van der Waals surface area contributed by atoms with Gasteiger partial charge in [-0.3, -0.25) is 4.79 Å². The van der Waals surface area contributed by atoms with E-state index in [1.165, 1.54) is 23.1 Å². The Bertz CT molecular complexity index is 585. The number of thiophene rings is 1. The van der Waals surface area contributed by atoms with Gasteiger partial charge >= 0.3 is 5.97 Å². The number of nitrogens with zero attached hydrogens (tertiary/aromatic N) is 2. The van der Waals surface area contributed by atoms with E-state index in [4.69, 9.17) is 9.63 Å². The number of carboxylic acid groups (broad SMARTS) is 1. The lowest BCUT2D eigenvalue weighted by Crippen LogP contribution is -2.36. The fourth-order valence-corrected chi connectivity index (χ4v) is 3.03. The molecule has 9 heteroatoms. The van der Waals surface area contributed by atoms with Crippen LogP contribution in [0.5, 0.6) is 0 Å². The molecule has 0 fully saturated rings. The molecule has 0 spiro atoms. The summed E-state index contributed by atoms with van der Waals surface area (Å²) in [6.07, 6.45) is 0.736. The van der Waals surface area contributed by atoms with Crippen molar-refractivity contribution in [2.24, 2.45) is 0 Å². The second kappa shape index (κ2) is 7.79. The number of hydrogen-bond donors (Lipinski definition) is 2. The molecular formula is C12H13N3O4S2. The van der Waals surface area contributed by atoms with Crippen LogP contribution in [0.25, 0.3) is 10.7 Å². The van der Waals surface area contributed by atoms with Crippen LogP contribution in [-0.4, -0.2) is 39.4 Å². The van der Waals surface area contributed by atoms with Crippen molar-refractivity contribution in [1.29, 1.82) is 0 Å². The number of rotatable bonds is 9. The fourth-order valence-electron chi connectivity index (χ4n) is 1.54. The van der Waals surface area contributed by atoms with E-state index in [-0.39, 0.29) is 0 Å². The first kappa shape index (κ1) is 15.5. The van der Waals surface area contributed by atoms with Crippen LogP contribution in [0.3, 0.4) is 0 Å². The normalized spacial score (nSPS) is 12.0. The van der Waals surface area contributed by atoms with Crippen LogP contribution in [-0.2, 0) is 15.3 Å². The van der Waals surface area contributed by atoms with Gasteiger partial charge in [0.25, 0.3) is 0 Å². The Labute approximate surface area is 128 Å². The van der Waals surface area contributed by atoms with E-state index in [0.717, 1.165) is 4.88 Å². The van der Waals surface area contributed by atoms with Crippen LogP contribution in [0.15, 0.2) is 22.0 Å². The van der Waals surface area contributed by atoms with Gasteiger partial charge in [-0.1, -0.05) is 11.2 Å². The quantitative estimate of drug-likeness (QED) is 0.532. The van der Waals surface area contributed by atoms with Gasteiger partial charge in [-0.05, 0) is 23.6 Å². The molecule has 0 aromatic carbocycles. The van der Waals surface area contributed by atoms with Gasteiger partial charge < -0.3 is 14.9 Å². The molecule has 0 saturated heterocycles. The summed E-state index contributed by atoms with van der Waals surface area (Å²) in [5.74, 6) is 1.09. The SMILES string of the molecule is O=CNC(CCSCc1nc(-c2cccs2)no1)C(=O)O. The lowest BCUT2D eigenvalue weighted by molar-refractivity contribution is -0.140. The molecule has 2 rings (SSSR count). The summed E-state index contributed by atoms with van der Waals surface area (Å²) in [4.78, 5) is 26.3. The number of aromatic nitrogens is 2. The maximum Gasteiger partial charge on any atom is 0.326 e. The van der Waals surface area contributed by atoms with E-state index in [1.807, 2.05) is 17.5 Å². The standard InChI is InChI=1S/C12H13N3O4S2/c16-7-13-8(12(17)18)3-5-20-6-10-14-11(15-19-10)9-2-1-4-21-9/h1-2,4,7-8H,3,5-6H2,(H,13,16)(H,17,18). The predicted octanol–water partition coefficient (Wildman–Crippen LogP) is 1.62. The average Bonchev–Trinajstić information content (AvgIpc) is 3.12. The van der Waals surface area contributed by atoms with Crippen molar-refractivity contribution in [2.45, 2.75) is 18.2 Å². The molecule has 2 aromatic heterocycles. The van der Waals surface area contributed by atoms with E-state index in [0.29, 0.717) is 36.1 Å². The fraction of sp³-hybridized carbons (Fsp3) is 0.333. The van der Waals surface area contributed by atoms with Gasteiger partial charge in [-0.15, -0.1) is 11.3 Å². The first-order valence-corrected chi connectivity index (χ1v) is 8.11. The molecule has 0 aliphatic heterocycles. The molecule has 2 N–H and O–H groups in total. The van der Waals surface area contributed by atoms with Gasteiger partial charge in [0.1, 0.15) is 6.04 Å². The highest BCUT2D eigenvalue weighted by Crippen LogP contribution is 2.22. The molecule has 2 heterocycles. The van der Waals surface area contributed by atoms with E-state index < -0.39 is 12.0 Å². The maximum absolute atomic E-state index is 10.8. The smallest absolute Gasteiger partial charge is 0.326 e. The van der Waals surface area contributed by atoms with Crippen LogP contribution < -0.4 is 5.32 Å². The molecule has 0 bridgehead atoms. The van der Waals surface area contributed by atoms with Gasteiger partial charge in [0, 0.05) is 0 Å². The lowest BCUT2D eigenvalue weighted by Gasteiger charge is -2.09. The number of carboxylic acids is 1. The van der Waals surface area contributed by atoms with Crippen LogP contribution >= 0.6 is 23.1 Å². The molecule has 0 saturated carbocycles. The second-order valence-corrected chi connectivity index (χ2v) is 6.06. The van der Waals surface area contributed by atoms with Gasteiger partial charge in [-0.25, -0.2) is 4.79 Å². The second-order valence-electron chi connectivity index (χ2n) is 4.01. The molecule has 0 aliphatic rings. The van der Waals surface area contributed by atoms with Crippen LogP contribution in [0.2, 0.25) is 0 Å². The van der Waals surface area contributed by atoms with Crippen molar-refractivity contribution >= 4 is 35.5 Å². The average molecular weight is 327 g/mol. The van der Waals surface area contributed by atoms with Crippen LogP contribution in [0.1, 0.15) is 12.3 Å².